The SMILES string of the molecule is CCn1c(SCC(=O)N2CCCC2c2ccc3c(c2)OCCCO3)nnc1-c1ccncc1. The maximum Gasteiger partial charge on any atom is 0.233 e. The molecule has 0 radical (unpaired) electrons. The number of rotatable bonds is 6. The number of fused-ring (bicyclic) bond motifs is 1. The summed E-state index contributed by atoms with van der Waals surface area (Å²) in [6.07, 6.45) is 6.31. The van der Waals surface area contributed by atoms with Gasteiger partial charge in [-0.1, -0.05) is 17.8 Å². The van der Waals surface area contributed by atoms with E-state index in [-0.39, 0.29) is 11.9 Å². The van der Waals surface area contributed by atoms with Crippen molar-refractivity contribution in [2.24, 2.45) is 0 Å². The number of hydrogen-bond donors (Lipinski definition) is 0. The third-order valence-electron chi connectivity index (χ3n) is 6.03. The summed E-state index contributed by atoms with van der Waals surface area (Å²) in [6, 6.07) is 9.96. The minimum Gasteiger partial charge on any atom is -0.490 e. The highest BCUT2D eigenvalue weighted by molar-refractivity contribution is 7.99. The van der Waals surface area contributed by atoms with E-state index < -0.39 is 0 Å². The summed E-state index contributed by atoms with van der Waals surface area (Å²) >= 11 is 1.44. The van der Waals surface area contributed by atoms with Crippen molar-refractivity contribution in [1.82, 2.24) is 24.6 Å². The zero-order valence-corrected chi connectivity index (χ0v) is 19.5. The molecular formula is C24H27N5O3S. The predicted octanol–water partition coefficient (Wildman–Crippen LogP) is 3.98. The number of carbonyl (C=O) groups excluding carboxylic acids is 1. The topological polar surface area (TPSA) is 82.4 Å². The molecule has 1 aromatic carbocycles. The van der Waals surface area contributed by atoms with Crippen molar-refractivity contribution in [1.29, 1.82) is 0 Å². The Morgan fingerprint density at radius 1 is 1.09 bits per heavy atom. The van der Waals surface area contributed by atoms with Crippen molar-refractivity contribution in [2.45, 2.75) is 43.9 Å². The van der Waals surface area contributed by atoms with Crippen molar-refractivity contribution >= 4 is 17.7 Å². The van der Waals surface area contributed by atoms with E-state index in [1.807, 2.05) is 33.7 Å². The molecule has 8 nitrogen and oxygen atoms in total. The molecule has 0 bridgehead atoms. The van der Waals surface area contributed by atoms with Crippen molar-refractivity contribution in [3.63, 3.8) is 0 Å². The zero-order valence-electron chi connectivity index (χ0n) is 18.6. The fourth-order valence-corrected chi connectivity index (χ4v) is 5.29. The lowest BCUT2D eigenvalue weighted by Crippen LogP contribution is -2.32. The first-order chi connectivity index (χ1) is 16.2. The summed E-state index contributed by atoms with van der Waals surface area (Å²) in [5, 5.41) is 9.46. The van der Waals surface area contributed by atoms with Crippen LogP contribution in [0.1, 0.15) is 37.8 Å². The number of hydrogen-bond acceptors (Lipinski definition) is 7. The summed E-state index contributed by atoms with van der Waals surface area (Å²) in [4.78, 5) is 19.3. The third-order valence-corrected chi connectivity index (χ3v) is 6.98. The Hall–Kier alpha value is -3.07. The highest BCUT2D eigenvalue weighted by Gasteiger charge is 2.31. The molecule has 0 saturated carbocycles. The largest absolute Gasteiger partial charge is 0.490 e. The molecule has 1 amide bonds. The van der Waals surface area contributed by atoms with Crippen molar-refractivity contribution < 1.29 is 14.3 Å². The summed E-state index contributed by atoms with van der Waals surface area (Å²) in [5.74, 6) is 2.80. The van der Waals surface area contributed by atoms with Crippen LogP contribution in [0.15, 0.2) is 47.9 Å². The number of amides is 1. The van der Waals surface area contributed by atoms with Gasteiger partial charge in [-0.05, 0) is 49.6 Å². The molecule has 4 heterocycles. The van der Waals surface area contributed by atoms with Crippen LogP contribution in [0, 0.1) is 0 Å². The molecular weight excluding hydrogens is 438 g/mol. The van der Waals surface area contributed by atoms with E-state index in [1.54, 1.807) is 12.4 Å². The van der Waals surface area contributed by atoms with E-state index in [1.165, 1.54) is 11.8 Å². The Kier molecular flexibility index (Phi) is 6.48. The number of ether oxygens (including phenoxy) is 2. The lowest BCUT2D eigenvalue weighted by molar-refractivity contribution is -0.129. The van der Waals surface area contributed by atoms with Crippen LogP contribution in [0.2, 0.25) is 0 Å². The molecule has 3 aromatic rings. The van der Waals surface area contributed by atoms with Gasteiger partial charge in [0.2, 0.25) is 5.91 Å². The molecule has 2 aromatic heterocycles. The van der Waals surface area contributed by atoms with Crippen molar-refractivity contribution in [3.8, 4) is 22.9 Å². The Labute approximate surface area is 197 Å². The van der Waals surface area contributed by atoms with Crippen LogP contribution >= 0.6 is 11.8 Å². The average molecular weight is 466 g/mol. The molecule has 1 atom stereocenters. The number of benzene rings is 1. The molecule has 1 saturated heterocycles. The first-order valence-corrected chi connectivity index (χ1v) is 12.4. The molecule has 9 heteroatoms. The third kappa shape index (κ3) is 4.55. The molecule has 0 N–H and O–H groups in total. The summed E-state index contributed by atoms with van der Waals surface area (Å²) in [5.41, 5.74) is 2.07. The van der Waals surface area contributed by atoms with Gasteiger partial charge >= 0.3 is 0 Å². The smallest absolute Gasteiger partial charge is 0.233 e. The highest BCUT2D eigenvalue weighted by atomic mass is 32.2. The monoisotopic (exact) mass is 465 g/mol. The molecule has 5 rings (SSSR count). The lowest BCUT2D eigenvalue weighted by Gasteiger charge is -2.25. The molecule has 2 aliphatic heterocycles. The number of likely N-dealkylation sites (tertiary alicyclic amines) is 1. The second-order valence-corrected chi connectivity index (χ2v) is 9.02. The van der Waals surface area contributed by atoms with Crippen LogP contribution in [-0.4, -0.2) is 56.1 Å². The van der Waals surface area contributed by atoms with Gasteiger partial charge in [-0.15, -0.1) is 10.2 Å². The zero-order chi connectivity index (χ0) is 22.6. The van der Waals surface area contributed by atoms with E-state index >= 15 is 0 Å². The highest BCUT2D eigenvalue weighted by Crippen LogP contribution is 2.38. The molecule has 33 heavy (non-hydrogen) atoms. The van der Waals surface area contributed by atoms with Gasteiger partial charge in [0.15, 0.2) is 22.5 Å². The van der Waals surface area contributed by atoms with Crippen LogP contribution < -0.4 is 9.47 Å². The van der Waals surface area contributed by atoms with Gasteiger partial charge in [0.25, 0.3) is 0 Å². The second-order valence-electron chi connectivity index (χ2n) is 8.08. The van der Waals surface area contributed by atoms with E-state index in [0.717, 1.165) is 66.0 Å². The van der Waals surface area contributed by atoms with Crippen molar-refractivity contribution in [2.75, 3.05) is 25.5 Å². The molecule has 0 spiro atoms. The standard InChI is InChI=1S/C24H27N5O3S/c1-2-28-23(17-8-10-25-11-9-17)26-27-24(28)33-16-22(30)29-12-3-5-19(29)18-6-7-20-21(15-18)32-14-4-13-31-20/h6-11,15,19H,2-5,12-14,16H2,1H3. The van der Waals surface area contributed by atoms with Crippen LogP contribution in [0.4, 0.5) is 0 Å². The Morgan fingerprint density at radius 2 is 1.91 bits per heavy atom. The van der Waals surface area contributed by atoms with Crippen LogP contribution in [0.25, 0.3) is 11.4 Å². The normalized spacial score (nSPS) is 17.7. The fraction of sp³-hybridized carbons (Fsp3) is 0.417. The maximum absolute atomic E-state index is 13.2. The van der Waals surface area contributed by atoms with Crippen LogP contribution in [0.5, 0.6) is 11.5 Å². The van der Waals surface area contributed by atoms with Gasteiger partial charge in [-0.2, -0.15) is 0 Å². The van der Waals surface area contributed by atoms with E-state index in [4.69, 9.17) is 9.47 Å². The number of thioether (sulfide) groups is 1. The molecule has 172 valence electrons. The quantitative estimate of drug-likeness (QED) is 0.509. The molecule has 2 aliphatic rings. The summed E-state index contributed by atoms with van der Waals surface area (Å²) in [6.45, 7) is 4.87. The average Bonchev–Trinajstić information content (AvgIpc) is 3.44. The lowest BCUT2D eigenvalue weighted by atomic mass is 10.0. The van der Waals surface area contributed by atoms with Gasteiger partial charge in [0.1, 0.15) is 0 Å². The number of aromatic nitrogens is 4. The molecule has 1 unspecified atom stereocenters. The van der Waals surface area contributed by atoms with Crippen LogP contribution in [0.3, 0.4) is 0 Å². The fourth-order valence-electron chi connectivity index (χ4n) is 4.40. The van der Waals surface area contributed by atoms with Gasteiger partial charge in [-0.3, -0.25) is 9.78 Å². The van der Waals surface area contributed by atoms with E-state index in [9.17, 15) is 4.79 Å². The van der Waals surface area contributed by atoms with Crippen LogP contribution in [-0.2, 0) is 11.3 Å². The van der Waals surface area contributed by atoms with Crippen molar-refractivity contribution in [3.05, 3.63) is 48.3 Å². The predicted molar refractivity (Wildman–Crippen MR) is 125 cm³/mol. The number of carbonyl (C=O) groups is 1. The minimum atomic E-state index is 0.0617. The Bertz CT molecular complexity index is 1120. The number of pyridine rings is 1. The molecule has 0 aliphatic carbocycles. The molecule has 1 fully saturated rings. The van der Waals surface area contributed by atoms with Gasteiger partial charge in [0.05, 0.1) is 25.0 Å². The Morgan fingerprint density at radius 3 is 2.73 bits per heavy atom. The van der Waals surface area contributed by atoms with Gasteiger partial charge in [0, 0.05) is 37.5 Å². The van der Waals surface area contributed by atoms with E-state index in [0.29, 0.717) is 19.0 Å². The summed E-state index contributed by atoms with van der Waals surface area (Å²) in [7, 11) is 0. The summed E-state index contributed by atoms with van der Waals surface area (Å²) < 4.78 is 13.7. The number of nitrogens with zero attached hydrogens (tertiary/aromatic N) is 5. The maximum atomic E-state index is 13.2. The first kappa shape index (κ1) is 21.8. The second kappa shape index (κ2) is 9.82. The van der Waals surface area contributed by atoms with Gasteiger partial charge < -0.3 is 18.9 Å². The first-order valence-electron chi connectivity index (χ1n) is 11.4. The Balaban J connectivity index is 1.28. The van der Waals surface area contributed by atoms with Gasteiger partial charge in [-0.25, -0.2) is 0 Å². The minimum absolute atomic E-state index is 0.0617. The van der Waals surface area contributed by atoms with E-state index in [2.05, 4.69) is 28.2 Å².